The normalized spacial score (nSPS) is 20.0. The summed E-state index contributed by atoms with van der Waals surface area (Å²) in [7, 11) is 2.54. The number of carbonyl (C=O) groups excluding carboxylic acids is 3. The van der Waals surface area contributed by atoms with E-state index in [0.717, 1.165) is 19.4 Å². The van der Waals surface area contributed by atoms with E-state index in [1.165, 1.54) is 14.2 Å². The fourth-order valence-corrected chi connectivity index (χ4v) is 1.97. The zero-order valence-electron chi connectivity index (χ0n) is 10.6. The molecule has 1 atom stereocenters. The van der Waals surface area contributed by atoms with Gasteiger partial charge in [-0.1, -0.05) is 0 Å². The van der Waals surface area contributed by atoms with Crippen LogP contribution in [0.3, 0.4) is 0 Å². The number of nitrogens with zero attached hydrogens (tertiary/aromatic N) is 1. The number of esters is 1. The smallest absolute Gasteiger partial charge is 0.413 e. The molecule has 102 valence electrons. The molecule has 1 heterocycles. The summed E-state index contributed by atoms with van der Waals surface area (Å²) >= 11 is 0. The third-order valence-corrected chi connectivity index (χ3v) is 2.83. The second-order valence-corrected chi connectivity index (χ2v) is 4.14. The molecular formula is C11H18N2O5. The van der Waals surface area contributed by atoms with Crippen LogP contribution < -0.4 is 5.32 Å². The standard InChI is InChI=1S/C11H18N2O5/c1-17-10(15)8-4-3-5-13(6-8)7-9(14)12-11(16)18-2/h8H,3-7H2,1-2H3,(H,12,14,16)/t8-/m0/s1. The Kier molecular flexibility index (Phi) is 5.57. The van der Waals surface area contributed by atoms with Crippen LogP contribution in [0, 0.1) is 5.92 Å². The van der Waals surface area contributed by atoms with Gasteiger partial charge in [0.25, 0.3) is 0 Å². The fraction of sp³-hybridized carbons (Fsp3) is 0.727. The highest BCUT2D eigenvalue weighted by Gasteiger charge is 2.27. The summed E-state index contributed by atoms with van der Waals surface area (Å²) in [6.45, 7) is 1.27. The lowest BCUT2D eigenvalue weighted by atomic mass is 9.98. The number of hydrogen-bond acceptors (Lipinski definition) is 6. The number of nitrogens with one attached hydrogen (secondary N) is 1. The first-order valence-electron chi connectivity index (χ1n) is 5.74. The maximum absolute atomic E-state index is 11.5. The molecule has 1 N–H and O–H groups in total. The maximum atomic E-state index is 11.5. The maximum Gasteiger partial charge on any atom is 0.413 e. The number of amides is 2. The molecule has 0 aliphatic carbocycles. The van der Waals surface area contributed by atoms with Gasteiger partial charge in [0.1, 0.15) is 0 Å². The summed E-state index contributed by atoms with van der Waals surface area (Å²) in [5, 5.41) is 2.08. The van der Waals surface area contributed by atoms with E-state index in [-0.39, 0.29) is 18.4 Å². The van der Waals surface area contributed by atoms with Gasteiger partial charge in [0.15, 0.2) is 0 Å². The molecule has 7 heteroatoms. The molecule has 0 aromatic carbocycles. The van der Waals surface area contributed by atoms with Gasteiger partial charge in [0, 0.05) is 6.54 Å². The Balaban J connectivity index is 2.40. The van der Waals surface area contributed by atoms with Crippen LogP contribution in [-0.4, -0.2) is 56.7 Å². The average Bonchev–Trinajstić information content (AvgIpc) is 2.37. The number of methoxy groups -OCH3 is 2. The van der Waals surface area contributed by atoms with Crippen molar-refractivity contribution in [1.82, 2.24) is 10.2 Å². The van der Waals surface area contributed by atoms with E-state index in [9.17, 15) is 14.4 Å². The highest BCUT2D eigenvalue weighted by atomic mass is 16.5. The van der Waals surface area contributed by atoms with E-state index < -0.39 is 12.0 Å². The van der Waals surface area contributed by atoms with Crippen LogP contribution in [0.15, 0.2) is 0 Å². The minimum atomic E-state index is -0.776. The molecule has 0 unspecified atom stereocenters. The van der Waals surface area contributed by atoms with Gasteiger partial charge in [0.2, 0.25) is 5.91 Å². The number of alkyl carbamates (subject to hydrolysis) is 1. The van der Waals surface area contributed by atoms with Crippen molar-refractivity contribution >= 4 is 18.0 Å². The summed E-state index contributed by atoms with van der Waals surface area (Å²) in [6, 6.07) is 0. The molecule has 2 amide bonds. The molecule has 0 radical (unpaired) electrons. The first kappa shape index (κ1) is 14.4. The molecule has 0 spiro atoms. The number of ether oxygens (including phenoxy) is 2. The molecule has 1 rings (SSSR count). The van der Waals surface area contributed by atoms with Crippen molar-refractivity contribution in [2.75, 3.05) is 33.9 Å². The summed E-state index contributed by atoms with van der Waals surface area (Å²) in [4.78, 5) is 35.5. The Morgan fingerprint density at radius 3 is 2.61 bits per heavy atom. The largest absolute Gasteiger partial charge is 0.469 e. The van der Waals surface area contributed by atoms with Crippen LogP contribution in [0.25, 0.3) is 0 Å². The van der Waals surface area contributed by atoms with Gasteiger partial charge in [0.05, 0.1) is 26.7 Å². The Hall–Kier alpha value is -1.63. The van der Waals surface area contributed by atoms with Crippen LogP contribution in [0.1, 0.15) is 12.8 Å². The highest BCUT2D eigenvalue weighted by molar-refractivity contribution is 5.92. The van der Waals surface area contributed by atoms with Gasteiger partial charge < -0.3 is 9.47 Å². The van der Waals surface area contributed by atoms with Gasteiger partial charge in [-0.05, 0) is 19.4 Å². The summed E-state index contributed by atoms with van der Waals surface area (Å²) in [6.07, 6.45) is 0.814. The minimum absolute atomic E-state index is 0.0720. The van der Waals surface area contributed by atoms with Crippen molar-refractivity contribution in [2.45, 2.75) is 12.8 Å². The van der Waals surface area contributed by atoms with E-state index in [4.69, 9.17) is 0 Å². The van der Waals surface area contributed by atoms with E-state index in [1.54, 1.807) is 0 Å². The van der Waals surface area contributed by atoms with Crippen molar-refractivity contribution in [3.8, 4) is 0 Å². The number of piperidine rings is 1. The molecule has 7 nitrogen and oxygen atoms in total. The molecule has 0 aromatic heterocycles. The zero-order chi connectivity index (χ0) is 13.5. The third kappa shape index (κ3) is 4.33. The van der Waals surface area contributed by atoms with Gasteiger partial charge in [-0.2, -0.15) is 0 Å². The molecule has 0 aromatic rings. The van der Waals surface area contributed by atoms with Crippen LogP contribution in [0.5, 0.6) is 0 Å². The summed E-state index contributed by atoms with van der Waals surface area (Å²) in [5.74, 6) is -0.893. The Morgan fingerprint density at radius 2 is 2.00 bits per heavy atom. The highest BCUT2D eigenvalue weighted by Crippen LogP contribution is 2.17. The number of imide groups is 1. The molecule has 18 heavy (non-hydrogen) atoms. The molecule has 0 saturated carbocycles. The van der Waals surface area contributed by atoms with Crippen molar-refractivity contribution in [3.05, 3.63) is 0 Å². The third-order valence-electron chi connectivity index (χ3n) is 2.83. The number of rotatable bonds is 3. The first-order valence-corrected chi connectivity index (χ1v) is 5.74. The predicted molar refractivity (Wildman–Crippen MR) is 61.7 cm³/mol. The van der Waals surface area contributed by atoms with E-state index in [2.05, 4.69) is 14.8 Å². The topological polar surface area (TPSA) is 84.9 Å². The lowest BCUT2D eigenvalue weighted by Crippen LogP contribution is -2.45. The van der Waals surface area contributed by atoms with Crippen molar-refractivity contribution < 1.29 is 23.9 Å². The summed E-state index contributed by atoms with van der Waals surface area (Å²) in [5.41, 5.74) is 0. The van der Waals surface area contributed by atoms with Crippen molar-refractivity contribution in [1.29, 1.82) is 0 Å². The number of likely N-dealkylation sites (tertiary alicyclic amines) is 1. The van der Waals surface area contributed by atoms with Gasteiger partial charge in [-0.15, -0.1) is 0 Å². The number of carbonyl (C=O) groups is 3. The molecule has 1 aliphatic rings. The monoisotopic (exact) mass is 258 g/mol. The summed E-state index contributed by atoms with van der Waals surface area (Å²) < 4.78 is 9.01. The first-order chi connectivity index (χ1) is 8.56. The van der Waals surface area contributed by atoms with Crippen molar-refractivity contribution in [3.63, 3.8) is 0 Å². The Morgan fingerprint density at radius 1 is 1.28 bits per heavy atom. The lowest BCUT2D eigenvalue weighted by Gasteiger charge is -2.30. The fourth-order valence-electron chi connectivity index (χ4n) is 1.97. The van der Waals surface area contributed by atoms with E-state index in [0.29, 0.717) is 6.54 Å². The van der Waals surface area contributed by atoms with Crippen LogP contribution in [-0.2, 0) is 19.1 Å². The molecular weight excluding hydrogens is 240 g/mol. The predicted octanol–water partition coefficient (Wildman–Crippen LogP) is -0.246. The lowest BCUT2D eigenvalue weighted by molar-refractivity contribution is -0.147. The number of hydrogen-bond donors (Lipinski definition) is 1. The van der Waals surface area contributed by atoms with E-state index >= 15 is 0 Å². The minimum Gasteiger partial charge on any atom is -0.469 e. The quantitative estimate of drug-likeness (QED) is 0.703. The molecule has 1 fully saturated rings. The Bertz CT molecular complexity index is 331. The average molecular weight is 258 g/mol. The Labute approximate surface area is 105 Å². The van der Waals surface area contributed by atoms with Crippen LogP contribution in [0.2, 0.25) is 0 Å². The van der Waals surface area contributed by atoms with Gasteiger partial charge in [-0.25, -0.2) is 4.79 Å². The molecule has 1 aliphatic heterocycles. The molecule has 0 bridgehead atoms. The van der Waals surface area contributed by atoms with Gasteiger partial charge >= 0.3 is 12.1 Å². The second-order valence-electron chi connectivity index (χ2n) is 4.14. The van der Waals surface area contributed by atoms with Crippen LogP contribution in [0.4, 0.5) is 4.79 Å². The molecule has 1 saturated heterocycles. The van der Waals surface area contributed by atoms with Gasteiger partial charge in [-0.3, -0.25) is 19.8 Å². The second kappa shape index (κ2) is 6.95. The van der Waals surface area contributed by atoms with E-state index in [1.807, 2.05) is 4.90 Å². The zero-order valence-corrected chi connectivity index (χ0v) is 10.6. The SMILES string of the molecule is COC(=O)NC(=O)CN1CCC[C@H](C(=O)OC)C1. The van der Waals surface area contributed by atoms with Crippen LogP contribution >= 0.6 is 0 Å². The van der Waals surface area contributed by atoms with Crippen molar-refractivity contribution in [2.24, 2.45) is 5.92 Å².